The second-order valence-electron chi connectivity index (χ2n) is 7.87. The molecule has 5 rings (SSSR count). The number of anilines is 1. The number of aromatic nitrogens is 2. The first-order chi connectivity index (χ1) is 15.9. The Kier molecular flexibility index (Phi) is 5.34. The van der Waals surface area contributed by atoms with Crippen LogP contribution >= 0.6 is 24.0 Å². The summed E-state index contributed by atoms with van der Waals surface area (Å²) < 4.78 is 9.62. The van der Waals surface area contributed by atoms with Gasteiger partial charge in [0.1, 0.15) is 17.5 Å². The van der Waals surface area contributed by atoms with E-state index in [4.69, 9.17) is 17.0 Å². The smallest absolute Gasteiger partial charge is 0.296 e. The van der Waals surface area contributed by atoms with Crippen molar-refractivity contribution in [2.24, 2.45) is 7.05 Å². The second-order valence-corrected chi connectivity index (χ2v) is 9.55. The maximum atomic E-state index is 13.4. The van der Waals surface area contributed by atoms with Gasteiger partial charge in [-0.05, 0) is 49.8 Å². The number of hydrogen-bond donors (Lipinski definition) is 0. The van der Waals surface area contributed by atoms with Gasteiger partial charge in [0.2, 0.25) is 0 Å². The number of fused-ring (bicyclic) bond motifs is 1. The molecule has 1 unspecified atom stereocenters. The van der Waals surface area contributed by atoms with Crippen LogP contribution in [0.5, 0.6) is 5.75 Å². The van der Waals surface area contributed by atoms with Crippen LogP contribution < -0.4 is 15.2 Å². The lowest BCUT2D eigenvalue weighted by molar-refractivity contribution is -0.113. The Morgan fingerprint density at radius 1 is 1.06 bits per heavy atom. The van der Waals surface area contributed by atoms with E-state index in [0.29, 0.717) is 14.9 Å². The normalized spacial score (nSPS) is 19.0. The molecule has 0 spiro atoms. The van der Waals surface area contributed by atoms with Gasteiger partial charge in [-0.3, -0.25) is 19.2 Å². The number of thioether (sulfide) groups is 1. The van der Waals surface area contributed by atoms with Crippen LogP contribution in [0.25, 0.3) is 11.8 Å². The van der Waals surface area contributed by atoms with Crippen LogP contribution in [0.1, 0.15) is 18.2 Å². The van der Waals surface area contributed by atoms with Gasteiger partial charge >= 0.3 is 0 Å². The van der Waals surface area contributed by atoms with Crippen molar-refractivity contribution in [3.8, 4) is 11.4 Å². The third kappa shape index (κ3) is 3.55. The molecule has 3 aromatic rings. The van der Waals surface area contributed by atoms with Crippen LogP contribution in [0.15, 0.2) is 75.9 Å². The number of hydrogen-bond acceptors (Lipinski definition) is 5. The molecule has 3 heterocycles. The summed E-state index contributed by atoms with van der Waals surface area (Å²) in [5, 5.41) is 0. The van der Waals surface area contributed by atoms with E-state index in [9.17, 15) is 9.59 Å². The summed E-state index contributed by atoms with van der Waals surface area (Å²) in [4.78, 5) is 28.7. The number of nitrogens with zero attached hydrogens (tertiary/aromatic N) is 3. The van der Waals surface area contributed by atoms with E-state index >= 15 is 0 Å². The Morgan fingerprint density at radius 3 is 2.52 bits per heavy atom. The van der Waals surface area contributed by atoms with Gasteiger partial charge in [0, 0.05) is 12.6 Å². The van der Waals surface area contributed by atoms with Crippen molar-refractivity contribution >= 4 is 46.0 Å². The largest absolute Gasteiger partial charge is 0.485 e. The highest BCUT2D eigenvalue weighted by Gasteiger charge is 2.38. The fraction of sp³-hybridized carbons (Fsp3) is 0.160. The number of carbonyl (C=O) groups is 1. The molecule has 1 fully saturated rings. The molecular weight excluding hydrogens is 454 g/mol. The van der Waals surface area contributed by atoms with E-state index in [2.05, 4.69) is 0 Å². The topological polar surface area (TPSA) is 56.5 Å². The molecule has 0 N–H and O–H groups in total. The van der Waals surface area contributed by atoms with E-state index in [1.807, 2.05) is 80.6 Å². The summed E-state index contributed by atoms with van der Waals surface area (Å²) in [6, 6.07) is 17.1. The summed E-state index contributed by atoms with van der Waals surface area (Å²) in [5.74, 6) is 0.513. The van der Waals surface area contributed by atoms with Crippen LogP contribution in [0, 0.1) is 6.92 Å². The predicted octanol–water partition coefficient (Wildman–Crippen LogP) is 4.60. The molecule has 166 valence electrons. The van der Waals surface area contributed by atoms with Gasteiger partial charge in [-0.1, -0.05) is 60.4 Å². The van der Waals surface area contributed by atoms with Crippen LogP contribution in [0.3, 0.4) is 0 Å². The first-order valence-electron chi connectivity index (χ1n) is 10.5. The van der Waals surface area contributed by atoms with E-state index in [-0.39, 0.29) is 23.3 Å². The number of ether oxygens (including phenoxy) is 1. The van der Waals surface area contributed by atoms with E-state index in [1.165, 1.54) is 16.7 Å². The van der Waals surface area contributed by atoms with Crippen LogP contribution in [-0.2, 0) is 11.8 Å². The molecule has 2 aromatic carbocycles. The Balaban J connectivity index is 1.55. The predicted molar refractivity (Wildman–Crippen MR) is 136 cm³/mol. The van der Waals surface area contributed by atoms with Gasteiger partial charge in [-0.25, -0.2) is 4.68 Å². The van der Waals surface area contributed by atoms with Crippen molar-refractivity contribution in [1.82, 2.24) is 9.36 Å². The highest BCUT2D eigenvalue weighted by Crippen LogP contribution is 2.38. The van der Waals surface area contributed by atoms with E-state index < -0.39 is 0 Å². The first-order valence-corrected chi connectivity index (χ1v) is 11.7. The quantitative estimate of drug-likeness (QED) is 0.409. The lowest BCUT2D eigenvalue weighted by Gasteiger charge is -2.23. The molecule has 0 bridgehead atoms. The first kappa shape index (κ1) is 21.5. The minimum Gasteiger partial charge on any atom is -0.485 e. The van der Waals surface area contributed by atoms with Crippen molar-refractivity contribution in [1.29, 1.82) is 0 Å². The van der Waals surface area contributed by atoms with Gasteiger partial charge in [-0.2, -0.15) is 0 Å². The summed E-state index contributed by atoms with van der Waals surface area (Å²) in [7, 11) is 1.80. The zero-order chi connectivity index (χ0) is 23.3. The van der Waals surface area contributed by atoms with Gasteiger partial charge in [0.05, 0.1) is 16.3 Å². The zero-order valence-corrected chi connectivity index (χ0v) is 19.9. The van der Waals surface area contributed by atoms with Gasteiger partial charge in [0.25, 0.3) is 11.5 Å². The third-order valence-corrected chi connectivity index (χ3v) is 7.16. The Hall–Kier alpha value is -3.36. The van der Waals surface area contributed by atoms with Crippen molar-refractivity contribution in [3.63, 3.8) is 0 Å². The molecular formula is C25H21N3O3S2. The molecule has 1 aromatic heterocycles. The number of carbonyl (C=O) groups excluding carboxylic acids is 1. The lowest BCUT2D eigenvalue weighted by Crippen LogP contribution is -2.33. The number of thiocarbonyl (C=S) groups is 1. The molecule has 1 atom stereocenters. The number of para-hydroxylation sites is 2. The maximum Gasteiger partial charge on any atom is 0.296 e. The average Bonchev–Trinajstić information content (AvgIpc) is 3.20. The Bertz CT molecular complexity index is 1420. The third-order valence-electron chi connectivity index (χ3n) is 5.85. The summed E-state index contributed by atoms with van der Waals surface area (Å²) in [6.07, 6.45) is 3.62. The van der Waals surface area contributed by atoms with Crippen LogP contribution in [0.4, 0.5) is 5.69 Å². The summed E-state index contributed by atoms with van der Waals surface area (Å²) in [5.41, 5.74) is 3.20. The fourth-order valence-corrected chi connectivity index (χ4v) is 5.32. The highest BCUT2D eigenvalue weighted by molar-refractivity contribution is 8.27. The van der Waals surface area contributed by atoms with Crippen LogP contribution in [-0.4, -0.2) is 25.7 Å². The van der Waals surface area contributed by atoms with Crippen molar-refractivity contribution in [3.05, 3.63) is 92.8 Å². The minimum absolute atomic E-state index is 0.211. The van der Waals surface area contributed by atoms with Gasteiger partial charge in [0.15, 0.2) is 4.32 Å². The van der Waals surface area contributed by atoms with Crippen molar-refractivity contribution in [2.45, 2.75) is 20.0 Å². The fourth-order valence-electron chi connectivity index (χ4n) is 4.05. The molecule has 2 aliphatic heterocycles. The molecule has 0 saturated carbocycles. The average molecular weight is 476 g/mol. The van der Waals surface area contributed by atoms with E-state index in [1.54, 1.807) is 16.4 Å². The lowest BCUT2D eigenvalue weighted by atomic mass is 10.0. The maximum absolute atomic E-state index is 13.4. The molecule has 8 heteroatoms. The molecule has 33 heavy (non-hydrogen) atoms. The van der Waals surface area contributed by atoms with Crippen molar-refractivity contribution < 1.29 is 9.53 Å². The Labute approximate surface area is 200 Å². The molecule has 1 amide bonds. The molecule has 1 saturated heterocycles. The SMILES string of the molecule is Cc1c(N2C(=O)/C(=C/C3=Cc4ccccc4OC3C)SC2=S)c(=O)n(-c2ccccc2)n1C. The standard InChI is InChI=1S/C25H21N3O3S2/c1-15-22(24(30)28(26(15)3)19-10-5-4-6-11-19)27-23(29)21(33-25(27)32)14-18-13-17-9-7-8-12-20(17)31-16(18)2/h4-14,16H,1-3H3/b21-14-. The summed E-state index contributed by atoms with van der Waals surface area (Å²) >= 11 is 6.74. The highest BCUT2D eigenvalue weighted by atomic mass is 32.2. The number of benzene rings is 2. The minimum atomic E-state index is -0.303. The van der Waals surface area contributed by atoms with Gasteiger partial charge < -0.3 is 4.74 Å². The monoisotopic (exact) mass is 475 g/mol. The zero-order valence-electron chi connectivity index (χ0n) is 18.3. The number of rotatable bonds is 3. The molecule has 2 aliphatic rings. The molecule has 6 nitrogen and oxygen atoms in total. The molecule has 0 aliphatic carbocycles. The van der Waals surface area contributed by atoms with E-state index in [0.717, 1.165) is 22.6 Å². The number of amides is 1. The second kappa shape index (κ2) is 8.20. The van der Waals surface area contributed by atoms with Crippen molar-refractivity contribution in [2.75, 3.05) is 4.90 Å². The van der Waals surface area contributed by atoms with Gasteiger partial charge in [-0.15, -0.1) is 0 Å². The Morgan fingerprint density at radius 2 is 1.76 bits per heavy atom. The molecule has 0 radical (unpaired) electrons. The summed E-state index contributed by atoms with van der Waals surface area (Å²) in [6.45, 7) is 3.76. The van der Waals surface area contributed by atoms with Crippen LogP contribution in [0.2, 0.25) is 0 Å².